The highest BCUT2D eigenvalue weighted by atomic mass is 16.5. The van der Waals surface area contributed by atoms with Gasteiger partial charge in [-0.15, -0.1) is 0 Å². The number of ether oxygens (including phenoxy) is 1. The predicted molar refractivity (Wildman–Crippen MR) is 109 cm³/mol. The summed E-state index contributed by atoms with van der Waals surface area (Å²) in [6, 6.07) is 14.1. The van der Waals surface area contributed by atoms with Gasteiger partial charge in [0.05, 0.1) is 19.3 Å². The number of nitrogens with zero attached hydrogens (tertiary/aromatic N) is 1. The average Bonchev–Trinajstić information content (AvgIpc) is 3.11. The minimum absolute atomic E-state index is 0.215. The van der Waals surface area contributed by atoms with Crippen molar-refractivity contribution in [1.29, 1.82) is 0 Å². The summed E-state index contributed by atoms with van der Waals surface area (Å²) in [6.07, 6.45) is 5.65. The van der Waals surface area contributed by atoms with E-state index in [0.717, 1.165) is 41.9 Å². The molecule has 0 saturated heterocycles. The lowest BCUT2D eigenvalue weighted by atomic mass is 10.0. The van der Waals surface area contributed by atoms with E-state index in [1.54, 1.807) is 6.08 Å². The number of nitrogens with one attached hydrogen (secondary N) is 1. The first kappa shape index (κ1) is 18.9. The standard InChI is InChI=1S/C22H24N2O3/c1-27-22(26)11-9-17-6-2-3-7-20(17)23-15-19-14-18-13-16(5-4-12-25)8-10-21(18)24-19/h2-3,6-11,13,23,25H,4-5,12,14-15H2,1H3/b11-9+. The van der Waals surface area contributed by atoms with E-state index < -0.39 is 0 Å². The second-order valence-corrected chi connectivity index (χ2v) is 6.44. The zero-order valence-electron chi connectivity index (χ0n) is 15.4. The first-order valence-electron chi connectivity index (χ1n) is 9.07. The molecule has 0 unspecified atom stereocenters. The van der Waals surface area contributed by atoms with Crippen molar-refractivity contribution in [2.45, 2.75) is 19.3 Å². The first-order chi connectivity index (χ1) is 13.2. The molecule has 0 aromatic heterocycles. The van der Waals surface area contributed by atoms with Gasteiger partial charge < -0.3 is 15.2 Å². The fraction of sp³-hybridized carbons (Fsp3) is 0.273. The van der Waals surface area contributed by atoms with Gasteiger partial charge in [-0.05, 0) is 47.7 Å². The Hall–Kier alpha value is -2.92. The molecule has 0 bridgehead atoms. The molecule has 27 heavy (non-hydrogen) atoms. The zero-order chi connectivity index (χ0) is 19.1. The van der Waals surface area contributed by atoms with E-state index in [4.69, 9.17) is 10.1 Å². The van der Waals surface area contributed by atoms with Crippen LogP contribution in [-0.2, 0) is 22.4 Å². The van der Waals surface area contributed by atoms with Crippen molar-refractivity contribution < 1.29 is 14.6 Å². The number of fused-ring (bicyclic) bond motifs is 1. The van der Waals surface area contributed by atoms with Crippen molar-refractivity contribution in [2.24, 2.45) is 4.99 Å². The van der Waals surface area contributed by atoms with Gasteiger partial charge in [0.25, 0.3) is 0 Å². The van der Waals surface area contributed by atoms with Gasteiger partial charge in [0.1, 0.15) is 0 Å². The summed E-state index contributed by atoms with van der Waals surface area (Å²) in [4.78, 5) is 16.0. The van der Waals surface area contributed by atoms with Gasteiger partial charge in [0.15, 0.2) is 0 Å². The Labute approximate surface area is 159 Å². The SMILES string of the molecule is COC(=O)/C=C/c1ccccc1NCC1=Nc2ccc(CCCO)cc2C1. The second kappa shape index (κ2) is 9.14. The van der Waals surface area contributed by atoms with Gasteiger partial charge in [0.2, 0.25) is 0 Å². The number of aliphatic imine (C=N–C) groups is 1. The minimum atomic E-state index is -0.377. The summed E-state index contributed by atoms with van der Waals surface area (Å²) in [5.74, 6) is -0.377. The third kappa shape index (κ3) is 5.05. The van der Waals surface area contributed by atoms with Crippen LogP contribution in [-0.4, -0.2) is 37.0 Å². The summed E-state index contributed by atoms with van der Waals surface area (Å²) in [7, 11) is 1.36. The number of hydrogen-bond donors (Lipinski definition) is 2. The molecule has 5 heteroatoms. The summed E-state index contributed by atoms with van der Waals surface area (Å²) < 4.78 is 4.64. The van der Waals surface area contributed by atoms with Crippen molar-refractivity contribution in [3.63, 3.8) is 0 Å². The molecular formula is C22H24N2O3. The third-order valence-electron chi connectivity index (χ3n) is 4.48. The van der Waals surface area contributed by atoms with Crippen LogP contribution in [0.15, 0.2) is 53.5 Å². The molecule has 2 N–H and O–H groups in total. The van der Waals surface area contributed by atoms with E-state index in [-0.39, 0.29) is 12.6 Å². The number of methoxy groups -OCH3 is 1. The summed E-state index contributed by atoms with van der Waals surface area (Å²) in [5.41, 5.74) is 6.45. The molecule has 5 nitrogen and oxygen atoms in total. The fourth-order valence-electron chi connectivity index (χ4n) is 3.09. The van der Waals surface area contributed by atoms with Gasteiger partial charge in [-0.25, -0.2) is 4.79 Å². The lowest BCUT2D eigenvalue weighted by Crippen LogP contribution is -2.14. The van der Waals surface area contributed by atoms with E-state index in [2.05, 4.69) is 28.3 Å². The van der Waals surface area contributed by atoms with Crippen LogP contribution in [0.3, 0.4) is 0 Å². The number of para-hydroxylation sites is 1. The molecule has 0 fully saturated rings. The topological polar surface area (TPSA) is 70.9 Å². The van der Waals surface area contributed by atoms with Crippen LogP contribution in [0.1, 0.15) is 23.1 Å². The molecule has 3 rings (SSSR count). The van der Waals surface area contributed by atoms with Crippen molar-refractivity contribution in [3.8, 4) is 0 Å². The Balaban J connectivity index is 1.63. The molecule has 0 amide bonds. The van der Waals surface area contributed by atoms with Gasteiger partial charge in [0, 0.05) is 30.5 Å². The normalized spacial score (nSPS) is 12.7. The van der Waals surface area contributed by atoms with Crippen molar-refractivity contribution in [3.05, 3.63) is 65.2 Å². The molecular weight excluding hydrogens is 340 g/mol. The number of hydrogen-bond acceptors (Lipinski definition) is 5. The van der Waals surface area contributed by atoms with Crippen molar-refractivity contribution >= 4 is 29.1 Å². The molecule has 0 spiro atoms. The maximum atomic E-state index is 11.3. The fourth-order valence-corrected chi connectivity index (χ4v) is 3.09. The molecule has 0 atom stereocenters. The van der Waals surface area contributed by atoms with Gasteiger partial charge in [-0.2, -0.15) is 0 Å². The van der Waals surface area contributed by atoms with Crippen LogP contribution >= 0.6 is 0 Å². The van der Waals surface area contributed by atoms with E-state index in [9.17, 15) is 4.79 Å². The quantitative estimate of drug-likeness (QED) is 0.555. The number of esters is 1. The van der Waals surface area contributed by atoms with Crippen LogP contribution in [0, 0.1) is 0 Å². The van der Waals surface area contributed by atoms with Gasteiger partial charge in [-0.3, -0.25) is 4.99 Å². The summed E-state index contributed by atoms with van der Waals surface area (Å²) in [6.45, 7) is 0.857. The highest BCUT2D eigenvalue weighted by Gasteiger charge is 2.15. The van der Waals surface area contributed by atoms with Crippen LogP contribution in [0.2, 0.25) is 0 Å². The Morgan fingerprint density at radius 2 is 2.15 bits per heavy atom. The number of carbonyl (C=O) groups excluding carboxylic acids is 1. The number of anilines is 1. The van der Waals surface area contributed by atoms with Gasteiger partial charge >= 0.3 is 5.97 Å². The molecule has 1 aliphatic rings. The van der Waals surface area contributed by atoms with E-state index in [0.29, 0.717) is 6.54 Å². The highest BCUT2D eigenvalue weighted by molar-refractivity contribution is 5.97. The number of benzene rings is 2. The molecule has 0 aliphatic carbocycles. The Morgan fingerprint density at radius 3 is 2.96 bits per heavy atom. The molecule has 2 aromatic carbocycles. The summed E-state index contributed by atoms with van der Waals surface area (Å²) >= 11 is 0. The Kier molecular flexibility index (Phi) is 6.39. The molecule has 0 radical (unpaired) electrons. The average molecular weight is 364 g/mol. The van der Waals surface area contributed by atoms with E-state index >= 15 is 0 Å². The maximum Gasteiger partial charge on any atom is 0.330 e. The van der Waals surface area contributed by atoms with E-state index in [1.807, 2.05) is 24.3 Å². The number of aryl methyl sites for hydroxylation is 1. The second-order valence-electron chi connectivity index (χ2n) is 6.44. The highest BCUT2D eigenvalue weighted by Crippen LogP contribution is 2.28. The lowest BCUT2D eigenvalue weighted by molar-refractivity contribution is -0.134. The molecule has 0 saturated carbocycles. The first-order valence-corrected chi connectivity index (χ1v) is 9.07. The molecule has 1 heterocycles. The predicted octanol–water partition coefficient (Wildman–Crippen LogP) is 3.54. The Bertz CT molecular complexity index is 872. The largest absolute Gasteiger partial charge is 0.466 e. The van der Waals surface area contributed by atoms with Crippen molar-refractivity contribution in [2.75, 3.05) is 25.6 Å². The lowest BCUT2D eigenvalue weighted by Gasteiger charge is -2.09. The monoisotopic (exact) mass is 364 g/mol. The third-order valence-corrected chi connectivity index (χ3v) is 4.48. The maximum absolute atomic E-state index is 11.3. The number of aliphatic hydroxyl groups is 1. The Morgan fingerprint density at radius 1 is 1.30 bits per heavy atom. The minimum Gasteiger partial charge on any atom is -0.466 e. The van der Waals surface area contributed by atoms with Gasteiger partial charge in [-0.1, -0.05) is 30.3 Å². The van der Waals surface area contributed by atoms with Crippen LogP contribution < -0.4 is 5.32 Å². The zero-order valence-corrected chi connectivity index (χ0v) is 15.4. The number of carbonyl (C=O) groups is 1. The van der Waals surface area contributed by atoms with Crippen molar-refractivity contribution in [1.82, 2.24) is 0 Å². The smallest absolute Gasteiger partial charge is 0.330 e. The number of rotatable bonds is 8. The number of aliphatic hydroxyl groups excluding tert-OH is 1. The summed E-state index contributed by atoms with van der Waals surface area (Å²) in [5, 5.41) is 12.4. The van der Waals surface area contributed by atoms with Crippen LogP contribution in [0.5, 0.6) is 0 Å². The molecule has 2 aromatic rings. The van der Waals surface area contributed by atoms with Crippen LogP contribution in [0.25, 0.3) is 6.08 Å². The van der Waals surface area contributed by atoms with E-state index in [1.165, 1.54) is 24.3 Å². The van der Waals surface area contributed by atoms with Crippen LogP contribution in [0.4, 0.5) is 11.4 Å². The molecule has 1 aliphatic heterocycles. The molecule has 140 valence electrons.